The Morgan fingerprint density at radius 3 is 2.76 bits per heavy atom. The first-order chi connectivity index (χ1) is 15.5. The van der Waals surface area contributed by atoms with Gasteiger partial charge in [0.1, 0.15) is 11.1 Å². The molecular formula is C26H34N3O4-. The highest BCUT2D eigenvalue weighted by molar-refractivity contribution is 6.06. The zero-order valence-electron chi connectivity index (χ0n) is 20.0. The topological polar surface area (TPSA) is 84.9 Å². The first-order valence-corrected chi connectivity index (χ1v) is 12.7. The summed E-state index contributed by atoms with van der Waals surface area (Å²) in [5.41, 5.74) is -1.38. The lowest BCUT2D eigenvalue weighted by Gasteiger charge is -2.65. The fraction of sp³-hybridized carbons (Fsp3) is 0.769. The highest BCUT2D eigenvalue weighted by Crippen LogP contribution is 2.63. The van der Waals surface area contributed by atoms with Gasteiger partial charge >= 0.3 is 0 Å². The molecule has 2 amide bonds. The van der Waals surface area contributed by atoms with Crippen LogP contribution in [0.1, 0.15) is 59.8 Å². The Morgan fingerprint density at radius 1 is 1.18 bits per heavy atom. The monoisotopic (exact) mass is 452 g/mol. The highest BCUT2D eigenvalue weighted by atomic mass is 16.5. The first kappa shape index (κ1) is 20.7. The van der Waals surface area contributed by atoms with Gasteiger partial charge in [-0.25, -0.2) is 0 Å². The molecule has 6 fully saturated rings. The van der Waals surface area contributed by atoms with E-state index in [0.29, 0.717) is 13.0 Å². The van der Waals surface area contributed by atoms with Gasteiger partial charge < -0.3 is 25.2 Å². The van der Waals surface area contributed by atoms with Gasteiger partial charge in [0, 0.05) is 30.5 Å². The maximum atomic E-state index is 14.1. The van der Waals surface area contributed by atoms with Crippen molar-refractivity contribution in [3.63, 3.8) is 0 Å². The lowest BCUT2D eigenvalue weighted by molar-refractivity contribution is -0.179. The number of fused-ring (bicyclic) bond motifs is 6. The summed E-state index contributed by atoms with van der Waals surface area (Å²) in [6.07, 6.45) is 10.5. The molecule has 8 rings (SSSR count). The van der Waals surface area contributed by atoms with Gasteiger partial charge in [-0.15, -0.1) is 0 Å². The van der Waals surface area contributed by atoms with Crippen LogP contribution in [0, 0.1) is 28.4 Å². The van der Waals surface area contributed by atoms with Gasteiger partial charge in [-0.2, -0.15) is 0 Å². The number of carbonyl (C=O) groups excluding carboxylic acids is 2. The third-order valence-electron chi connectivity index (χ3n) is 10.4. The molecular weight excluding hydrogens is 418 g/mol. The molecule has 2 aliphatic carbocycles. The van der Waals surface area contributed by atoms with E-state index >= 15 is 0 Å². The number of rotatable bonds is 0. The molecule has 6 aliphatic heterocycles. The van der Waals surface area contributed by atoms with Crippen LogP contribution in [0.5, 0.6) is 0 Å². The molecule has 178 valence electrons. The van der Waals surface area contributed by atoms with Crippen LogP contribution in [0.25, 0.3) is 0 Å². The quantitative estimate of drug-likeness (QED) is 0.571. The highest BCUT2D eigenvalue weighted by Gasteiger charge is 2.74. The van der Waals surface area contributed by atoms with Crippen LogP contribution < -0.4 is 5.32 Å². The van der Waals surface area contributed by atoms with Crippen LogP contribution in [0.15, 0.2) is 23.8 Å². The van der Waals surface area contributed by atoms with Crippen molar-refractivity contribution >= 4 is 11.8 Å². The van der Waals surface area contributed by atoms with Crippen LogP contribution in [-0.4, -0.2) is 63.2 Å². The molecule has 8 aliphatic rings. The number of hydrogen-bond acceptors (Lipinski definition) is 5. The van der Waals surface area contributed by atoms with E-state index in [2.05, 4.69) is 51.2 Å². The van der Waals surface area contributed by atoms with Crippen LogP contribution in [-0.2, 0) is 14.3 Å². The minimum absolute atomic E-state index is 0.00466. The summed E-state index contributed by atoms with van der Waals surface area (Å²) in [6.45, 7) is 9.11. The van der Waals surface area contributed by atoms with Crippen LogP contribution in [0.3, 0.4) is 0 Å². The van der Waals surface area contributed by atoms with Gasteiger partial charge in [0.15, 0.2) is 0 Å². The summed E-state index contributed by atoms with van der Waals surface area (Å²) >= 11 is 0. The van der Waals surface area contributed by atoms with Crippen molar-refractivity contribution < 1.29 is 14.3 Å². The van der Waals surface area contributed by atoms with Crippen molar-refractivity contribution in [2.24, 2.45) is 23.2 Å². The van der Waals surface area contributed by atoms with Crippen LogP contribution in [0.4, 0.5) is 0 Å². The van der Waals surface area contributed by atoms with E-state index in [1.165, 1.54) is 5.06 Å². The van der Waals surface area contributed by atoms with Gasteiger partial charge in [0.2, 0.25) is 5.91 Å². The second-order valence-electron chi connectivity index (χ2n) is 12.8. The number of hydrogen-bond donors (Lipinski definition) is 1. The van der Waals surface area contributed by atoms with E-state index in [1.54, 1.807) is 0 Å². The Labute approximate surface area is 195 Å². The summed E-state index contributed by atoms with van der Waals surface area (Å²) in [7, 11) is 0. The van der Waals surface area contributed by atoms with E-state index in [9.17, 15) is 14.8 Å². The fourth-order valence-corrected chi connectivity index (χ4v) is 9.05. The second-order valence-corrected chi connectivity index (χ2v) is 12.8. The smallest absolute Gasteiger partial charge is 0.253 e. The molecule has 0 radical (unpaired) electrons. The Kier molecular flexibility index (Phi) is 3.70. The van der Waals surface area contributed by atoms with E-state index in [4.69, 9.17) is 4.74 Å². The third-order valence-corrected chi connectivity index (χ3v) is 10.4. The Balaban J connectivity index is 1.36. The number of hydroxylamine groups is 2. The number of amides is 2. The number of piperazine rings is 1. The Bertz CT molecular complexity index is 1030. The van der Waals surface area contributed by atoms with E-state index in [-0.39, 0.29) is 53.4 Å². The van der Waals surface area contributed by atoms with Crippen molar-refractivity contribution in [2.45, 2.75) is 94.7 Å². The standard InChI is InChI=1S/C26H34N3O4/c1-23(2)10-8-15-17(33-23)7-6-14-16-12-26-18(24(3,4)20(16)29(32)19(14)15)13-25(21(30)27-26)9-5-11-28(25)22(26)31/h8,10,12,14-15,17-20H,5-7,9,11,13H2,1-4H3,(H,27,30)/q-1/t14?,15?,17?,18-,19?,20?,25?,26?/m0/s1. The van der Waals surface area contributed by atoms with Gasteiger partial charge in [0.05, 0.1) is 11.7 Å². The maximum absolute atomic E-state index is 14.1. The van der Waals surface area contributed by atoms with Gasteiger partial charge in [-0.3, -0.25) is 9.59 Å². The molecule has 8 atom stereocenters. The van der Waals surface area contributed by atoms with Crippen molar-refractivity contribution in [3.8, 4) is 0 Å². The molecule has 33 heavy (non-hydrogen) atoms. The van der Waals surface area contributed by atoms with Crippen LogP contribution in [0.2, 0.25) is 0 Å². The number of nitrogens with zero attached hydrogens (tertiary/aromatic N) is 2. The lowest BCUT2D eigenvalue weighted by Crippen LogP contribution is -2.83. The molecule has 0 aromatic heterocycles. The molecule has 7 heteroatoms. The first-order valence-electron chi connectivity index (χ1n) is 12.7. The number of nitrogens with one attached hydrogen (secondary N) is 1. The third kappa shape index (κ3) is 2.23. The molecule has 7 nitrogen and oxygen atoms in total. The largest absolute Gasteiger partial charge is 0.784 e. The Morgan fingerprint density at radius 2 is 1.97 bits per heavy atom. The maximum Gasteiger partial charge on any atom is 0.253 e. The lowest BCUT2D eigenvalue weighted by atomic mass is 9.50. The summed E-state index contributed by atoms with van der Waals surface area (Å²) in [5, 5.41) is 18.6. The normalized spacial score (nSPS) is 50.7. The molecule has 5 saturated heterocycles. The molecule has 6 heterocycles. The predicted molar refractivity (Wildman–Crippen MR) is 122 cm³/mol. The van der Waals surface area contributed by atoms with E-state index in [1.807, 2.05) is 4.90 Å². The summed E-state index contributed by atoms with van der Waals surface area (Å²) < 4.78 is 6.37. The molecule has 0 aromatic rings. The van der Waals surface area contributed by atoms with Crippen molar-refractivity contribution in [1.82, 2.24) is 15.3 Å². The van der Waals surface area contributed by atoms with Gasteiger partial charge in [0.25, 0.3) is 5.91 Å². The molecule has 7 unspecified atom stereocenters. The Hall–Kier alpha value is -1.70. The number of piperidine rings is 2. The molecule has 2 spiro atoms. The molecule has 1 saturated carbocycles. The summed E-state index contributed by atoms with van der Waals surface area (Å²) in [5.74, 6) is 0.120. The average Bonchev–Trinajstić information content (AvgIpc) is 3.29. The zero-order chi connectivity index (χ0) is 23.1. The van der Waals surface area contributed by atoms with Crippen molar-refractivity contribution in [3.05, 3.63) is 29.0 Å². The fourth-order valence-electron chi connectivity index (χ4n) is 9.05. The zero-order valence-corrected chi connectivity index (χ0v) is 20.0. The minimum atomic E-state index is -1.01. The predicted octanol–water partition coefficient (Wildman–Crippen LogP) is 2.51. The molecule has 2 bridgehead atoms. The molecule has 1 N–H and O–H groups in total. The second kappa shape index (κ2) is 5.92. The number of carbonyl (C=O) groups is 2. The molecule has 0 aromatic carbocycles. The van der Waals surface area contributed by atoms with Crippen molar-refractivity contribution in [1.29, 1.82) is 0 Å². The number of ether oxygens (including phenoxy) is 1. The van der Waals surface area contributed by atoms with E-state index < -0.39 is 16.5 Å². The van der Waals surface area contributed by atoms with Gasteiger partial charge in [-0.05, 0) is 68.9 Å². The average molecular weight is 453 g/mol. The van der Waals surface area contributed by atoms with Gasteiger partial charge in [-0.1, -0.05) is 26.0 Å². The van der Waals surface area contributed by atoms with E-state index in [0.717, 1.165) is 31.3 Å². The summed E-state index contributed by atoms with van der Waals surface area (Å²) in [6, 6.07) is -0.440. The van der Waals surface area contributed by atoms with Crippen molar-refractivity contribution in [2.75, 3.05) is 6.54 Å². The SMILES string of the molecule is CC1(C)C=CC2C(CCC3C4=CC56NC(=O)C7(CCCN7C5=O)C[C@H]6C(C)(C)C4N([O-])C32)O1. The minimum Gasteiger partial charge on any atom is -0.784 e. The van der Waals surface area contributed by atoms with Crippen LogP contribution >= 0.6 is 0 Å². The summed E-state index contributed by atoms with van der Waals surface area (Å²) in [4.78, 5) is 29.1.